The normalized spacial score (nSPS) is 13.7. The summed E-state index contributed by atoms with van der Waals surface area (Å²) in [5.41, 5.74) is 5.80. The SMILES string of the molecule is O=c1[nH]c(-c2ccc(Cl)cc2)nc2c1CN(Cc1cnccc1-c1cccc(Br)c1)CC2. The van der Waals surface area contributed by atoms with Crippen LogP contribution >= 0.6 is 27.5 Å². The fraction of sp³-hybridized carbons (Fsp3) is 0.160. The molecule has 160 valence electrons. The summed E-state index contributed by atoms with van der Waals surface area (Å²) in [6.45, 7) is 2.11. The molecule has 3 heterocycles. The summed E-state index contributed by atoms with van der Waals surface area (Å²) in [5.74, 6) is 0.586. The molecule has 0 atom stereocenters. The topological polar surface area (TPSA) is 61.9 Å². The average Bonchev–Trinajstić information content (AvgIpc) is 2.80. The molecule has 0 amide bonds. The largest absolute Gasteiger partial charge is 0.306 e. The first-order valence-corrected chi connectivity index (χ1v) is 11.5. The molecule has 0 unspecified atom stereocenters. The van der Waals surface area contributed by atoms with Gasteiger partial charge in [-0.1, -0.05) is 39.7 Å². The van der Waals surface area contributed by atoms with Crippen LogP contribution in [-0.4, -0.2) is 26.4 Å². The number of fused-ring (bicyclic) bond motifs is 1. The summed E-state index contributed by atoms with van der Waals surface area (Å²) in [6, 6.07) is 17.6. The molecule has 0 saturated heterocycles. The van der Waals surface area contributed by atoms with Crippen LogP contribution in [0, 0.1) is 0 Å². The number of aromatic amines is 1. The second-order valence-electron chi connectivity index (χ2n) is 7.85. The van der Waals surface area contributed by atoms with Gasteiger partial charge in [-0.15, -0.1) is 0 Å². The van der Waals surface area contributed by atoms with Gasteiger partial charge in [-0.05, 0) is 59.2 Å². The zero-order valence-corrected chi connectivity index (χ0v) is 19.5. The summed E-state index contributed by atoms with van der Waals surface area (Å²) in [7, 11) is 0. The van der Waals surface area contributed by atoms with Crippen LogP contribution in [0.15, 0.2) is 76.3 Å². The lowest BCUT2D eigenvalue weighted by atomic mass is 10.00. The zero-order valence-electron chi connectivity index (χ0n) is 17.2. The molecule has 0 bridgehead atoms. The number of rotatable bonds is 4. The lowest BCUT2D eigenvalue weighted by Crippen LogP contribution is -2.35. The molecule has 1 aliphatic heterocycles. The van der Waals surface area contributed by atoms with Gasteiger partial charge in [-0.2, -0.15) is 0 Å². The van der Waals surface area contributed by atoms with Crippen LogP contribution in [0.5, 0.6) is 0 Å². The number of halogens is 2. The number of hydrogen-bond acceptors (Lipinski definition) is 4. The molecule has 0 fully saturated rings. The Bertz CT molecular complexity index is 1340. The second kappa shape index (κ2) is 8.98. The third-order valence-corrected chi connectivity index (χ3v) is 6.44. The Morgan fingerprint density at radius 2 is 1.94 bits per heavy atom. The summed E-state index contributed by atoms with van der Waals surface area (Å²) in [4.78, 5) is 27.2. The van der Waals surface area contributed by atoms with Gasteiger partial charge in [0.05, 0.1) is 11.3 Å². The van der Waals surface area contributed by atoms with E-state index in [9.17, 15) is 4.79 Å². The van der Waals surface area contributed by atoms with Gasteiger partial charge < -0.3 is 4.98 Å². The molecule has 0 radical (unpaired) electrons. The van der Waals surface area contributed by atoms with Gasteiger partial charge >= 0.3 is 0 Å². The summed E-state index contributed by atoms with van der Waals surface area (Å²) >= 11 is 9.54. The van der Waals surface area contributed by atoms with E-state index < -0.39 is 0 Å². The molecule has 1 aliphatic rings. The lowest BCUT2D eigenvalue weighted by Gasteiger charge is -2.28. The molecular weight excluding hydrogens is 488 g/mol. The molecule has 0 aliphatic carbocycles. The van der Waals surface area contributed by atoms with Crippen LogP contribution in [-0.2, 0) is 19.5 Å². The third kappa shape index (κ3) is 4.39. The van der Waals surface area contributed by atoms with E-state index in [2.05, 4.69) is 42.9 Å². The number of H-pyrrole nitrogens is 1. The van der Waals surface area contributed by atoms with Crippen molar-refractivity contribution in [2.75, 3.05) is 6.54 Å². The third-order valence-electron chi connectivity index (χ3n) is 5.70. The first-order chi connectivity index (χ1) is 15.6. The van der Waals surface area contributed by atoms with Crippen molar-refractivity contribution in [1.29, 1.82) is 0 Å². The van der Waals surface area contributed by atoms with Crippen molar-refractivity contribution in [3.63, 3.8) is 0 Å². The van der Waals surface area contributed by atoms with Gasteiger partial charge in [0.2, 0.25) is 0 Å². The fourth-order valence-corrected chi connectivity index (χ4v) is 4.62. The second-order valence-corrected chi connectivity index (χ2v) is 9.20. The number of benzene rings is 2. The van der Waals surface area contributed by atoms with Crippen molar-refractivity contribution < 1.29 is 0 Å². The maximum absolute atomic E-state index is 12.9. The van der Waals surface area contributed by atoms with Gasteiger partial charge in [0, 0.05) is 53.5 Å². The van der Waals surface area contributed by atoms with Gasteiger partial charge in [0.1, 0.15) is 5.82 Å². The molecule has 5 rings (SSSR count). The number of nitrogens with zero attached hydrogens (tertiary/aromatic N) is 3. The van der Waals surface area contributed by atoms with Crippen LogP contribution < -0.4 is 5.56 Å². The van der Waals surface area contributed by atoms with Crippen molar-refractivity contribution in [2.24, 2.45) is 0 Å². The number of hydrogen-bond donors (Lipinski definition) is 1. The molecule has 4 aromatic rings. The van der Waals surface area contributed by atoms with Crippen molar-refractivity contribution in [3.8, 4) is 22.5 Å². The van der Waals surface area contributed by atoms with Crippen molar-refractivity contribution in [3.05, 3.63) is 104 Å². The summed E-state index contributed by atoms with van der Waals surface area (Å²) < 4.78 is 1.04. The molecule has 7 heteroatoms. The van der Waals surface area contributed by atoms with E-state index >= 15 is 0 Å². The molecular formula is C25H20BrClN4O. The minimum Gasteiger partial charge on any atom is -0.306 e. The van der Waals surface area contributed by atoms with Gasteiger partial charge in [-0.25, -0.2) is 4.98 Å². The Labute approximate surface area is 199 Å². The monoisotopic (exact) mass is 506 g/mol. The first kappa shape index (κ1) is 21.1. The number of pyridine rings is 1. The minimum atomic E-state index is -0.0805. The predicted molar refractivity (Wildman–Crippen MR) is 130 cm³/mol. The Kier molecular flexibility index (Phi) is 5.91. The van der Waals surface area contributed by atoms with E-state index in [1.165, 1.54) is 0 Å². The van der Waals surface area contributed by atoms with E-state index in [1.807, 2.05) is 42.7 Å². The van der Waals surface area contributed by atoms with E-state index in [1.54, 1.807) is 12.1 Å². The van der Waals surface area contributed by atoms with Crippen LogP contribution in [0.25, 0.3) is 22.5 Å². The van der Waals surface area contributed by atoms with Crippen LogP contribution in [0.2, 0.25) is 5.02 Å². The van der Waals surface area contributed by atoms with Gasteiger partial charge in [-0.3, -0.25) is 14.7 Å². The highest BCUT2D eigenvalue weighted by atomic mass is 79.9. The molecule has 1 N–H and O–H groups in total. The Morgan fingerprint density at radius 3 is 2.75 bits per heavy atom. The van der Waals surface area contributed by atoms with Crippen LogP contribution in [0.3, 0.4) is 0 Å². The highest BCUT2D eigenvalue weighted by Crippen LogP contribution is 2.28. The van der Waals surface area contributed by atoms with Crippen LogP contribution in [0.1, 0.15) is 16.8 Å². The number of nitrogens with one attached hydrogen (secondary N) is 1. The molecule has 32 heavy (non-hydrogen) atoms. The van der Waals surface area contributed by atoms with E-state index in [0.29, 0.717) is 23.9 Å². The van der Waals surface area contributed by atoms with Crippen molar-refractivity contribution >= 4 is 27.5 Å². The highest BCUT2D eigenvalue weighted by molar-refractivity contribution is 9.10. The molecule has 0 saturated carbocycles. The minimum absolute atomic E-state index is 0.0805. The van der Waals surface area contributed by atoms with Gasteiger partial charge in [0.25, 0.3) is 5.56 Å². The number of aromatic nitrogens is 3. The van der Waals surface area contributed by atoms with Crippen molar-refractivity contribution in [2.45, 2.75) is 19.5 Å². The highest BCUT2D eigenvalue weighted by Gasteiger charge is 2.22. The van der Waals surface area contributed by atoms with E-state index in [0.717, 1.165) is 50.9 Å². The summed E-state index contributed by atoms with van der Waals surface area (Å²) in [5, 5.41) is 0.655. The smallest absolute Gasteiger partial charge is 0.255 e. The molecule has 2 aromatic heterocycles. The first-order valence-electron chi connectivity index (χ1n) is 10.4. The fourth-order valence-electron chi connectivity index (χ4n) is 4.09. The van der Waals surface area contributed by atoms with E-state index in [4.69, 9.17) is 16.6 Å². The predicted octanol–water partition coefficient (Wildman–Crippen LogP) is 5.47. The Hall–Kier alpha value is -2.80. The quantitative estimate of drug-likeness (QED) is 0.398. The maximum atomic E-state index is 12.9. The molecule has 0 spiro atoms. The lowest BCUT2D eigenvalue weighted by molar-refractivity contribution is 0.242. The Balaban J connectivity index is 1.40. The van der Waals surface area contributed by atoms with Gasteiger partial charge in [0.15, 0.2) is 0 Å². The Morgan fingerprint density at radius 1 is 1.09 bits per heavy atom. The maximum Gasteiger partial charge on any atom is 0.255 e. The average molecular weight is 508 g/mol. The standard InChI is InChI=1S/C25H20BrClN4O/c26-19-3-1-2-17(12-19)21-8-10-28-13-18(21)14-31-11-9-23-22(15-31)25(32)30-24(29-23)16-4-6-20(27)7-5-16/h1-8,10,12-13H,9,11,14-15H2,(H,29,30,32). The van der Waals surface area contributed by atoms with E-state index in [-0.39, 0.29) is 5.56 Å². The molecule has 5 nitrogen and oxygen atoms in total. The zero-order chi connectivity index (χ0) is 22.1. The summed E-state index contributed by atoms with van der Waals surface area (Å²) in [6.07, 6.45) is 4.46. The van der Waals surface area contributed by atoms with Crippen LogP contribution in [0.4, 0.5) is 0 Å². The molecule has 2 aromatic carbocycles. The van der Waals surface area contributed by atoms with Crippen molar-refractivity contribution in [1.82, 2.24) is 19.9 Å².